The summed E-state index contributed by atoms with van der Waals surface area (Å²) in [6, 6.07) is 18.7. The number of H-pyrrole nitrogens is 1. The Bertz CT molecular complexity index is 939. The van der Waals surface area contributed by atoms with E-state index >= 15 is 0 Å². The average Bonchev–Trinajstić information content (AvgIpc) is 3.10. The zero-order chi connectivity index (χ0) is 17.9. The Balaban J connectivity index is 1.46. The van der Waals surface area contributed by atoms with Crippen molar-refractivity contribution < 1.29 is 4.79 Å². The molecule has 1 aromatic heterocycles. The van der Waals surface area contributed by atoms with E-state index in [0.717, 1.165) is 18.5 Å². The fourth-order valence-corrected chi connectivity index (χ4v) is 3.39. The Labute approximate surface area is 151 Å². The molecule has 132 valence electrons. The van der Waals surface area contributed by atoms with Crippen molar-refractivity contribution in [1.82, 2.24) is 19.7 Å². The summed E-state index contributed by atoms with van der Waals surface area (Å²) in [7, 11) is 0. The molecule has 0 atom stereocenters. The van der Waals surface area contributed by atoms with E-state index in [9.17, 15) is 9.59 Å². The number of rotatable bonds is 3. The lowest BCUT2D eigenvalue weighted by Gasteiger charge is -2.31. The summed E-state index contributed by atoms with van der Waals surface area (Å²) in [5, 5.41) is 4.48. The number of hydrogen-bond donors (Lipinski definition) is 1. The lowest BCUT2D eigenvalue weighted by atomic mass is 9.95. The number of carbonyl (C=O) groups is 1. The number of benzene rings is 2. The number of para-hydroxylation sites is 1. The molecule has 0 spiro atoms. The van der Waals surface area contributed by atoms with Crippen molar-refractivity contribution in [1.29, 1.82) is 0 Å². The number of likely N-dealkylation sites (tertiary alicyclic amines) is 1. The lowest BCUT2D eigenvalue weighted by Crippen LogP contribution is -2.38. The second-order valence-corrected chi connectivity index (χ2v) is 6.50. The summed E-state index contributed by atoms with van der Waals surface area (Å²) in [4.78, 5) is 29.5. The third-order valence-electron chi connectivity index (χ3n) is 4.83. The quantitative estimate of drug-likeness (QED) is 0.791. The number of nitrogens with zero attached hydrogens (tertiary/aromatic N) is 3. The minimum atomic E-state index is -0.228. The lowest BCUT2D eigenvalue weighted by molar-refractivity contribution is 0.0711. The van der Waals surface area contributed by atoms with Gasteiger partial charge in [0.05, 0.1) is 5.69 Å². The normalized spacial score (nSPS) is 15.2. The molecule has 4 rings (SSSR count). The largest absolute Gasteiger partial charge is 0.348 e. The van der Waals surface area contributed by atoms with Crippen molar-refractivity contribution in [2.45, 2.75) is 18.8 Å². The van der Waals surface area contributed by atoms with Gasteiger partial charge in [0.2, 0.25) is 0 Å². The number of hydrogen-bond acceptors (Lipinski definition) is 3. The van der Waals surface area contributed by atoms with Gasteiger partial charge in [0, 0.05) is 24.6 Å². The van der Waals surface area contributed by atoms with Crippen LogP contribution in [0.1, 0.15) is 34.9 Å². The van der Waals surface area contributed by atoms with Gasteiger partial charge < -0.3 is 4.90 Å². The van der Waals surface area contributed by atoms with Gasteiger partial charge in [0.1, 0.15) is 5.82 Å². The number of aromatic nitrogens is 3. The molecule has 0 unspecified atom stereocenters. The zero-order valence-corrected chi connectivity index (χ0v) is 14.3. The maximum atomic E-state index is 12.5. The summed E-state index contributed by atoms with van der Waals surface area (Å²) in [6.07, 6.45) is 1.58. The molecule has 6 heteroatoms. The van der Waals surface area contributed by atoms with E-state index in [1.54, 1.807) is 0 Å². The topological polar surface area (TPSA) is 71.0 Å². The standard InChI is InChI=1S/C20H20N4O2/c25-19(16-7-3-1-4-8-16)23-13-11-15(12-14-23)18-21-20(26)24(22-18)17-9-5-2-6-10-17/h1-10,15H,11-14H2,(H,21,22,26). The molecule has 6 nitrogen and oxygen atoms in total. The molecule has 0 bridgehead atoms. The van der Waals surface area contributed by atoms with E-state index in [-0.39, 0.29) is 17.5 Å². The molecule has 0 aliphatic carbocycles. The van der Waals surface area contributed by atoms with Crippen molar-refractivity contribution in [3.05, 3.63) is 82.5 Å². The molecule has 1 fully saturated rings. The summed E-state index contributed by atoms with van der Waals surface area (Å²) < 4.78 is 1.40. The summed E-state index contributed by atoms with van der Waals surface area (Å²) in [6.45, 7) is 1.33. The van der Waals surface area contributed by atoms with Crippen LogP contribution in [0, 0.1) is 0 Å². The molecule has 1 amide bonds. The van der Waals surface area contributed by atoms with Crippen LogP contribution < -0.4 is 5.69 Å². The minimum absolute atomic E-state index is 0.0624. The third-order valence-corrected chi connectivity index (χ3v) is 4.83. The molecule has 2 aromatic carbocycles. The van der Waals surface area contributed by atoms with Crippen molar-refractivity contribution in [2.75, 3.05) is 13.1 Å². The summed E-state index contributed by atoms with van der Waals surface area (Å²) in [5.41, 5.74) is 1.23. The van der Waals surface area contributed by atoms with Gasteiger partial charge in [-0.15, -0.1) is 5.10 Å². The summed E-state index contributed by atoms with van der Waals surface area (Å²) >= 11 is 0. The van der Waals surface area contributed by atoms with Gasteiger partial charge in [0.15, 0.2) is 0 Å². The third kappa shape index (κ3) is 3.18. The number of carbonyl (C=O) groups excluding carboxylic acids is 1. The highest BCUT2D eigenvalue weighted by molar-refractivity contribution is 5.94. The second kappa shape index (κ2) is 7.00. The molecule has 0 saturated carbocycles. The number of piperidine rings is 1. The molecule has 26 heavy (non-hydrogen) atoms. The van der Waals surface area contributed by atoms with Crippen molar-refractivity contribution in [2.24, 2.45) is 0 Å². The predicted octanol–water partition coefficient (Wildman–Crippen LogP) is 2.58. The van der Waals surface area contributed by atoms with E-state index in [2.05, 4.69) is 10.1 Å². The highest BCUT2D eigenvalue weighted by Crippen LogP contribution is 2.26. The first kappa shape index (κ1) is 16.3. The number of aromatic amines is 1. The van der Waals surface area contributed by atoms with Gasteiger partial charge >= 0.3 is 5.69 Å². The molecular formula is C20H20N4O2. The molecule has 1 saturated heterocycles. The molecule has 3 aromatic rings. The Morgan fingerprint density at radius 2 is 1.58 bits per heavy atom. The van der Waals surface area contributed by atoms with Gasteiger partial charge in [-0.05, 0) is 37.1 Å². The van der Waals surface area contributed by atoms with Crippen LogP contribution >= 0.6 is 0 Å². The van der Waals surface area contributed by atoms with Gasteiger partial charge in [-0.2, -0.15) is 4.68 Å². The van der Waals surface area contributed by atoms with Crippen molar-refractivity contribution >= 4 is 5.91 Å². The number of nitrogens with one attached hydrogen (secondary N) is 1. The Morgan fingerprint density at radius 1 is 0.962 bits per heavy atom. The van der Waals surface area contributed by atoms with Crippen LogP contribution in [0.3, 0.4) is 0 Å². The van der Waals surface area contributed by atoms with E-state index in [4.69, 9.17) is 0 Å². The Morgan fingerprint density at radius 3 is 2.23 bits per heavy atom. The second-order valence-electron chi connectivity index (χ2n) is 6.50. The van der Waals surface area contributed by atoms with E-state index < -0.39 is 0 Å². The van der Waals surface area contributed by atoms with Crippen LogP contribution in [0.25, 0.3) is 5.69 Å². The van der Waals surface area contributed by atoms with Crippen LogP contribution in [-0.2, 0) is 0 Å². The van der Waals surface area contributed by atoms with Gasteiger partial charge in [-0.25, -0.2) is 4.79 Å². The Kier molecular flexibility index (Phi) is 4.39. The fourth-order valence-electron chi connectivity index (χ4n) is 3.39. The first-order valence-corrected chi connectivity index (χ1v) is 8.81. The van der Waals surface area contributed by atoms with E-state index in [1.807, 2.05) is 65.6 Å². The van der Waals surface area contributed by atoms with E-state index in [0.29, 0.717) is 24.5 Å². The number of amides is 1. The minimum Gasteiger partial charge on any atom is -0.339 e. The fraction of sp³-hybridized carbons (Fsp3) is 0.250. The van der Waals surface area contributed by atoms with Gasteiger partial charge in [-0.1, -0.05) is 36.4 Å². The van der Waals surface area contributed by atoms with E-state index in [1.165, 1.54) is 4.68 Å². The van der Waals surface area contributed by atoms with Gasteiger partial charge in [0.25, 0.3) is 5.91 Å². The molecule has 1 aliphatic rings. The van der Waals surface area contributed by atoms with Crippen LogP contribution in [0.5, 0.6) is 0 Å². The maximum Gasteiger partial charge on any atom is 0.348 e. The van der Waals surface area contributed by atoms with Crippen LogP contribution in [-0.4, -0.2) is 38.7 Å². The van der Waals surface area contributed by atoms with Crippen molar-refractivity contribution in [3.63, 3.8) is 0 Å². The maximum absolute atomic E-state index is 12.5. The van der Waals surface area contributed by atoms with Gasteiger partial charge in [-0.3, -0.25) is 9.78 Å². The smallest absolute Gasteiger partial charge is 0.339 e. The molecule has 1 aliphatic heterocycles. The highest BCUT2D eigenvalue weighted by Gasteiger charge is 2.27. The van der Waals surface area contributed by atoms with Crippen LogP contribution in [0.2, 0.25) is 0 Å². The molecule has 1 N–H and O–H groups in total. The highest BCUT2D eigenvalue weighted by atomic mass is 16.2. The first-order chi connectivity index (χ1) is 12.7. The molecular weight excluding hydrogens is 328 g/mol. The van der Waals surface area contributed by atoms with Crippen LogP contribution in [0.15, 0.2) is 65.5 Å². The molecule has 0 radical (unpaired) electrons. The summed E-state index contributed by atoms with van der Waals surface area (Å²) in [5.74, 6) is 0.922. The Hall–Kier alpha value is -3.15. The zero-order valence-electron chi connectivity index (χ0n) is 14.3. The first-order valence-electron chi connectivity index (χ1n) is 8.81. The van der Waals surface area contributed by atoms with Crippen molar-refractivity contribution in [3.8, 4) is 5.69 Å². The molecule has 2 heterocycles. The SMILES string of the molecule is O=C(c1ccccc1)N1CCC(c2nn(-c3ccccc3)c(=O)[nH]2)CC1. The predicted molar refractivity (Wildman–Crippen MR) is 98.5 cm³/mol. The van der Waals surface area contributed by atoms with Crippen LogP contribution in [0.4, 0.5) is 0 Å². The average molecular weight is 348 g/mol. The monoisotopic (exact) mass is 348 g/mol.